The van der Waals surface area contributed by atoms with E-state index in [1.807, 2.05) is 103 Å². The number of nitrogens with zero attached hydrogens (tertiary/aromatic N) is 3. The summed E-state index contributed by atoms with van der Waals surface area (Å²) in [4.78, 5) is 0. The van der Waals surface area contributed by atoms with E-state index in [-0.39, 0.29) is 16.8 Å². The maximum atomic E-state index is 10.1. The zero-order valence-electron chi connectivity index (χ0n) is 16.5. The van der Waals surface area contributed by atoms with Crippen LogP contribution in [0.2, 0.25) is 0 Å². The second-order valence-corrected chi connectivity index (χ2v) is 6.81. The van der Waals surface area contributed by atoms with Crippen LogP contribution in [0.1, 0.15) is 16.7 Å². The number of hydrogen-bond acceptors (Lipinski definition) is 4. The first kappa shape index (κ1) is 19.5. The molecule has 0 atom stereocenters. The van der Waals surface area contributed by atoms with Gasteiger partial charge in [0.1, 0.15) is 18.2 Å². The zero-order valence-corrected chi connectivity index (χ0v) is 16.5. The summed E-state index contributed by atoms with van der Waals surface area (Å²) in [7, 11) is 0. The summed E-state index contributed by atoms with van der Waals surface area (Å²) in [6.07, 6.45) is 0. The Labute approximate surface area is 180 Å². The van der Waals surface area contributed by atoms with Crippen LogP contribution in [-0.2, 0) is 0 Å². The lowest BCUT2D eigenvalue weighted by Crippen LogP contribution is -2.22. The monoisotopic (exact) mass is 396 g/mol. The third kappa shape index (κ3) is 3.60. The highest BCUT2D eigenvalue weighted by molar-refractivity contribution is 6.18. The first-order valence-corrected chi connectivity index (χ1v) is 9.65. The number of benzene rings is 3. The van der Waals surface area contributed by atoms with Gasteiger partial charge in [-0.25, -0.2) is 0 Å². The summed E-state index contributed by atoms with van der Waals surface area (Å²) in [5.74, 6) is 0. The smallest absolute Gasteiger partial charge is 0.154 e. The molecule has 4 rings (SSSR count). The minimum atomic E-state index is -0.134. The van der Waals surface area contributed by atoms with Crippen molar-refractivity contribution in [1.29, 1.82) is 15.8 Å². The van der Waals surface area contributed by atoms with E-state index < -0.39 is 0 Å². The van der Waals surface area contributed by atoms with Crippen LogP contribution in [0.4, 0.5) is 0 Å². The molecular formula is C27H16N4. The van der Waals surface area contributed by atoms with Crippen LogP contribution in [0.15, 0.2) is 108 Å². The van der Waals surface area contributed by atoms with Gasteiger partial charge in [0, 0.05) is 11.1 Å². The Hall–Kier alpha value is -4.85. The summed E-state index contributed by atoms with van der Waals surface area (Å²) in [5, 5.41) is 32.5. The Bertz CT molecular complexity index is 1330. The van der Waals surface area contributed by atoms with Crippen molar-refractivity contribution in [3.63, 3.8) is 0 Å². The molecule has 3 aromatic rings. The molecule has 31 heavy (non-hydrogen) atoms. The predicted octanol–water partition coefficient (Wildman–Crippen LogP) is 5.44. The Balaban J connectivity index is 2.18. The topological polar surface area (TPSA) is 83.4 Å². The molecule has 1 N–H and O–H groups in total. The van der Waals surface area contributed by atoms with Gasteiger partial charge in [-0.15, -0.1) is 0 Å². The number of rotatable bonds is 3. The summed E-state index contributed by atoms with van der Waals surface area (Å²) >= 11 is 0. The molecule has 0 aromatic heterocycles. The van der Waals surface area contributed by atoms with Crippen LogP contribution < -0.4 is 5.32 Å². The number of nitrogens with one attached hydrogen (secondary N) is 1. The number of hydrogen-bond donors (Lipinski definition) is 1. The van der Waals surface area contributed by atoms with E-state index in [1.165, 1.54) is 0 Å². The minimum Gasteiger partial charge on any atom is -0.352 e. The average Bonchev–Trinajstić information content (AvgIpc) is 2.85. The van der Waals surface area contributed by atoms with Crippen LogP contribution in [0.3, 0.4) is 0 Å². The lowest BCUT2D eigenvalue weighted by atomic mass is 9.82. The van der Waals surface area contributed by atoms with Gasteiger partial charge in [0.15, 0.2) is 5.57 Å². The van der Waals surface area contributed by atoms with Crippen molar-refractivity contribution < 1.29 is 0 Å². The Kier molecular flexibility index (Phi) is 5.44. The Morgan fingerprint density at radius 3 is 1.48 bits per heavy atom. The zero-order chi connectivity index (χ0) is 21.6. The fourth-order valence-electron chi connectivity index (χ4n) is 3.67. The predicted molar refractivity (Wildman–Crippen MR) is 120 cm³/mol. The number of dihydropyridines is 1. The van der Waals surface area contributed by atoms with Gasteiger partial charge in [0.25, 0.3) is 0 Å². The summed E-state index contributed by atoms with van der Waals surface area (Å²) in [5.41, 5.74) is 5.27. The van der Waals surface area contributed by atoms with Crippen molar-refractivity contribution >= 4 is 16.8 Å². The van der Waals surface area contributed by atoms with Gasteiger partial charge in [-0.2, -0.15) is 15.8 Å². The van der Waals surface area contributed by atoms with Gasteiger partial charge in [0.2, 0.25) is 0 Å². The largest absolute Gasteiger partial charge is 0.352 e. The van der Waals surface area contributed by atoms with Gasteiger partial charge >= 0.3 is 0 Å². The van der Waals surface area contributed by atoms with Crippen LogP contribution >= 0.6 is 0 Å². The molecule has 0 bridgehead atoms. The van der Waals surface area contributed by atoms with Crippen LogP contribution in [0, 0.1) is 34.0 Å². The maximum absolute atomic E-state index is 10.1. The number of allylic oxidation sites excluding steroid dienone is 4. The van der Waals surface area contributed by atoms with Crippen molar-refractivity contribution in [2.24, 2.45) is 0 Å². The van der Waals surface area contributed by atoms with Crippen molar-refractivity contribution in [3.05, 3.63) is 125 Å². The Morgan fingerprint density at radius 2 is 1.03 bits per heavy atom. The van der Waals surface area contributed by atoms with Crippen LogP contribution in [-0.4, -0.2) is 0 Å². The fraction of sp³-hybridized carbons (Fsp3) is 0. The lowest BCUT2D eigenvalue weighted by Gasteiger charge is -2.28. The van der Waals surface area contributed by atoms with E-state index in [9.17, 15) is 15.8 Å². The fourth-order valence-corrected chi connectivity index (χ4v) is 3.67. The van der Waals surface area contributed by atoms with Gasteiger partial charge in [-0.05, 0) is 16.7 Å². The van der Waals surface area contributed by atoms with Gasteiger partial charge in [-0.1, -0.05) is 91.0 Å². The SMILES string of the molecule is N#CC(C#N)=C1NC(c2ccccc2)=C(c2ccccc2)C(c2ccccc2)=C1C#N. The molecule has 1 heterocycles. The van der Waals surface area contributed by atoms with Gasteiger partial charge < -0.3 is 5.32 Å². The molecule has 1 aliphatic rings. The molecular weight excluding hydrogens is 380 g/mol. The van der Waals surface area contributed by atoms with Crippen molar-refractivity contribution in [3.8, 4) is 18.2 Å². The summed E-state index contributed by atoms with van der Waals surface area (Å²) in [6.45, 7) is 0. The van der Waals surface area contributed by atoms with Crippen molar-refractivity contribution in [1.82, 2.24) is 5.32 Å². The third-order valence-electron chi connectivity index (χ3n) is 5.02. The standard InChI is InChI=1S/C27H16N4/c28-16-22(17-29)26-23(18-30)24(19-10-4-1-5-11-19)25(20-12-6-2-7-13-20)27(31-26)21-14-8-3-9-15-21/h1-15,31H. The highest BCUT2D eigenvalue weighted by Crippen LogP contribution is 2.43. The maximum Gasteiger partial charge on any atom is 0.154 e. The van der Waals surface area contributed by atoms with Gasteiger partial charge in [0.05, 0.1) is 17.0 Å². The first-order chi connectivity index (χ1) is 15.3. The third-order valence-corrected chi connectivity index (χ3v) is 5.02. The summed E-state index contributed by atoms with van der Waals surface area (Å²) < 4.78 is 0. The first-order valence-electron chi connectivity index (χ1n) is 9.65. The van der Waals surface area contributed by atoms with Gasteiger partial charge in [-0.3, -0.25) is 0 Å². The minimum absolute atomic E-state index is 0.134. The molecule has 0 amide bonds. The normalized spacial score (nSPS) is 13.0. The van der Waals surface area contributed by atoms with E-state index in [0.717, 1.165) is 28.0 Å². The van der Waals surface area contributed by atoms with E-state index in [0.29, 0.717) is 5.57 Å². The molecule has 4 heteroatoms. The van der Waals surface area contributed by atoms with Crippen LogP contribution in [0.5, 0.6) is 0 Å². The Morgan fingerprint density at radius 1 is 0.581 bits per heavy atom. The highest BCUT2D eigenvalue weighted by Gasteiger charge is 2.30. The number of nitriles is 3. The molecule has 1 aliphatic heterocycles. The molecule has 0 saturated carbocycles. The quantitative estimate of drug-likeness (QED) is 0.598. The van der Waals surface area contributed by atoms with E-state index in [4.69, 9.17) is 0 Å². The molecule has 3 aromatic carbocycles. The van der Waals surface area contributed by atoms with Crippen LogP contribution in [0.25, 0.3) is 16.8 Å². The summed E-state index contributed by atoms with van der Waals surface area (Å²) in [6, 6.07) is 35.2. The molecule has 0 fully saturated rings. The molecule has 144 valence electrons. The highest BCUT2D eigenvalue weighted by atomic mass is 14.9. The molecule has 0 spiro atoms. The molecule has 0 radical (unpaired) electrons. The van der Waals surface area contributed by atoms with E-state index in [1.54, 1.807) is 0 Å². The van der Waals surface area contributed by atoms with E-state index >= 15 is 0 Å². The van der Waals surface area contributed by atoms with Crippen molar-refractivity contribution in [2.45, 2.75) is 0 Å². The molecule has 0 saturated heterocycles. The van der Waals surface area contributed by atoms with Crippen molar-refractivity contribution in [2.75, 3.05) is 0 Å². The average molecular weight is 396 g/mol. The lowest BCUT2D eigenvalue weighted by molar-refractivity contribution is 1.09. The molecule has 0 aliphatic carbocycles. The molecule has 4 nitrogen and oxygen atoms in total. The van der Waals surface area contributed by atoms with E-state index in [2.05, 4.69) is 11.4 Å². The second-order valence-electron chi connectivity index (χ2n) is 6.81. The second kappa shape index (κ2) is 8.66. The molecule has 0 unspecified atom stereocenters.